The second-order valence-corrected chi connectivity index (χ2v) is 3.44. The normalized spacial score (nSPS) is 39.0. The largest absolute Gasteiger partial charge is 0.495 e. The summed E-state index contributed by atoms with van der Waals surface area (Å²) in [5, 5.41) is 0. The topological polar surface area (TPSA) is 9.23 Å². The van der Waals surface area contributed by atoms with Crippen LogP contribution in [0.5, 0.6) is 0 Å². The third-order valence-electron chi connectivity index (χ3n) is 2.65. The van der Waals surface area contributed by atoms with Gasteiger partial charge in [0.25, 0.3) is 0 Å². The monoisotopic (exact) mass is 138 g/mol. The fourth-order valence-electron chi connectivity index (χ4n) is 2.12. The molecule has 1 heterocycles. The molecule has 10 heavy (non-hydrogen) atoms. The number of fused-ring (bicyclic) bond motifs is 1. The van der Waals surface area contributed by atoms with E-state index in [1.165, 1.54) is 25.7 Å². The van der Waals surface area contributed by atoms with Crippen LogP contribution in [0.4, 0.5) is 0 Å². The summed E-state index contributed by atoms with van der Waals surface area (Å²) in [6.07, 6.45) is 7.06. The van der Waals surface area contributed by atoms with E-state index in [-0.39, 0.29) is 0 Å². The molecule has 2 fully saturated rings. The average Bonchev–Trinajstić information content (AvgIpc) is 2.27. The molecule has 1 aliphatic heterocycles. The zero-order valence-corrected chi connectivity index (χ0v) is 6.31. The van der Waals surface area contributed by atoms with Crippen molar-refractivity contribution in [2.24, 2.45) is 5.92 Å². The highest BCUT2D eigenvalue weighted by molar-refractivity contribution is 4.97. The van der Waals surface area contributed by atoms with Crippen molar-refractivity contribution >= 4 is 0 Å². The van der Waals surface area contributed by atoms with Crippen LogP contribution in [-0.4, -0.2) is 6.10 Å². The van der Waals surface area contributed by atoms with E-state index in [0.717, 1.165) is 18.1 Å². The maximum Gasteiger partial charge on any atom is 0.101 e. The predicted octanol–water partition coefficient (Wildman–Crippen LogP) is 2.48. The van der Waals surface area contributed by atoms with Crippen LogP contribution in [-0.2, 0) is 4.74 Å². The summed E-state index contributed by atoms with van der Waals surface area (Å²) in [5.74, 6) is 1.85. The first-order chi connectivity index (χ1) is 4.86. The van der Waals surface area contributed by atoms with Crippen molar-refractivity contribution in [3.05, 3.63) is 12.3 Å². The van der Waals surface area contributed by atoms with Gasteiger partial charge in [0, 0.05) is 12.3 Å². The summed E-state index contributed by atoms with van der Waals surface area (Å²) in [6, 6.07) is 0. The number of allylic oxidation sites excluding steroid dienone is 1. The number of ether oxygens (including phenoxy) is 1. The van der Waals surface area contributed by atoms with E-state index >= 15 is 0 Å². The Morgan fingerprint density at radius 3 is 2.90 bits per heavy atom. The molecule has 1 saturated carbocycles. The van der Waals surface area contributed by atoms with Gasteiger partial charge in [0.05, 0.1) is 5.76 Å². The standard InChI is InChI=1S/C9H14O/c1-7-6-8-4-2-3-5-9(8)10-7/h8-9H,1-6H2/t8-,9-/m1/s1. The van der Waals surface area contributed by atoms with Gasteiger partial charge >= 0.3 is 0 Å². The number of hydrogen-bond acceptors (Lipinski definition) is 1. The first kappa shape index (κ1) is 6.26. The minimum absolute atomic E-state index is 0.543. The van der Waals surface area contributed by atoms with Crippen molar-refractivity contribution in [3.63, 3.8) is 0 Å². The molecule has 0 aromatic heterocycles. The summed E-state index contributed by atoms with van der Waals surface area (Å²) in [6.45, 7) is 3.86. The molecule has 1 heteroatoms. The van der Waals surface area contributed by atoms with Crippen molar-refractivity contribution < 1.29 is 4.74 Å². The molecule has 0 aromatic carbocycles. The Balaban J connectivity index is 2.04. The molecule has 1 aliphatic carbocycles. The minimum atomic E-state index is 0.543. The molecule has 1 nitrogen and oxygen atoms in total. The number of rotatable bonds is 0. The van der Waals surface area contributed by atoms with Crippen molar-refractivity contribution in [3.8, 4) is 0 Å². The predicted molar refractivity (Wildman–Crippen MR) is 40.6 cm³/mol. The van der Waals surface area contributed by atoms with E-state index < -0.39 is 0 Å². The lowest BCUT2D eigenvalue weighted by atomic mass is 9.86. The molecule has 2 aliphatic rings. The van der Waals surface area contributed by atoms with Crippen molar-refractivity contribution in [1.82, 2.24) is 0 Å². The van der Waals surface area contributed by atoms with Gasteiger partial charge in [-0.25, -0.2) is 0 Å². The van der Waals surface area contributed by atoms with E-state index in [9.17, 15) is 0 Å². The van der Waals surface area contributed by atoms with E-state index in [4.69, 9.17) is 4.74 Å². The Morgan fingerprint density at radius 2 is 2.10 bits per heavy atom. The molecule has 0 spiro atoms. The van der Waals surface area contributed by atoms with E-state index in [1.807, 2.05) is 0 Å². The summed E-state index contributed by atoms with van der Waals surface area (Å²) < 4.78 is 5.57. The van der Waals surface area contributed by atoms with Crippen LogP contribution in [0.3, 0.4) is 0 Å². The number of hydrogen-bond donors (Lipinski definition) is 0. The third kappa shape index (κ3) is 0.938. The van der Waals surface area contributed by atoms with Gasteiger partial charge in [0.2, 0.25) is 0 Å². The molecule has 2 rings (SSSR count). The second-order valence-electron chi connectivity index (χ2n) is 3.44. The summed E-state index contributed by atoms with van der Waals surface area (Å²) in [7, 11) is 0. The molecule has 56 valence electrons. The minimum Gasteiger partial charge on any atom is -0.495 e. The van der Waals surface area contributed by atoms with Crippen molar-refractivity contribution in [1.29, 1.82) is 0 Å². The van der Waals surface area contributed by atoms with Crippen molar-refractivity contribution in [2.45, 2.75) is 38.2 Å². The lowest BCUT2D eigenvalue weighted by Crippen LogP contribution is -2.19. The molecule has 2 atom stereocenters. The van der Waals surface area contributed by atoms with Gasteiger partial charge in [0.15, 0.2) is 0 Å². The molecule has 1 saturated heterocycles. The van der Waals surface area contributed by atoms with Crippen LogP contribution in [0.2, 0.25) is 0 Å². The maximum atomic E-state index is 5.57. The Hall–Kier alpha value is -0.460. The molecular formula is C9H14O. The highest BCUT2D eigenvalue weighted by Gasteiger charge is 2.32. The Kier molecular flexibility index (Phi) is 1.44. The highest BCUT2D eigenvalue weighted by Crippen LogP contribution is 2.38. The Labute approximate surface area is 62.1 Å². The Morgan fingerprint density at radius 1 is 1.30 bits per heavy atom. The first-order valence-electron chi connectivity index (χ1n) is 4.21. The van der Waals surface area contributed by atoms with Crippen LogP contribution in [0.1, 0.15) is 32.1 Å². The van der Waals surface area contributed by atoms with Crippen LogP contribution in [0.25, 0.3) is 0 Å². The zero-order chi connectivity index (χ0) is 6.97. The molecule has 0 radical (unpaired) electrons. The van der Waals surface area contributed by atoms with Gasteiger partial charge < -0.3 is 4.74 Å². The first-order valence-corrected chi connectivity index (χ1v) is 4.21. The lowest BCUT2D eigenvalue weighted by Gasteiger charge is -2.22. The van der Waals surface area contributed by atoms with Crippen LogP contribution >= 0.6 is 0 Å². The summed E-state index contributed by atoms with van der Waals surface area (Å²) in [5.41, 5.74) is 0. The van der Waals surface area contributed by atoms with Gasteiger partial charge in [-0.05, 0) is 19.3 Å². The van der Waals surface area contributed by atoms with Gasteiger partial charge in [-0.1, -0.05) is 13.0 Å². The third-order valence-corrected chi connectivity index (χ3v) is 2.65. The van der Waals surface area contributed by atoms with Gasteiger partial charge in [-0.3, -0.25) is 0 Å². The molecular weight excluding hydrogens is 124 g/mol. The quantitative estimate of drug-likeness (QED) is 0.499. The zero-order valence-electron chi connectivity index (χ0n) is 6.31. The maximum absolute atomic E-state index is 5.57. The molecule has 0 amide bonds. The second kappa shape index (κ2) is 2.30. The molecule has 0 unspecified atom stereocenters. The molecule has 0 bridgehead atoms. The smallest absolute Gasteiger partial charge is 0.101 e. The van der Waals surface area contributed by atoms with Crippen LogP contribution in [0, 0.1) is 5.92 Å². The van der Waals surface area contributed by atoms with Crippen LogP contribution < -0.4 is 0 Å². The average molecular weight is 138 g/mol. The molecule has 0 N–H and O–H groups in total. The molecule has 0 aromatic rings. The van der Waals surface area contributed by atoms with Crippen molar-refractivity contribution in [2.75, 3.05) is 0 Å². The summed E-state index contributed by atoms with van der Waals surface area (Å²) >= 11 is 0. The SMILES string of the molecule is C=C1C[C@H]2CCCC[C@H]2O1. The van der Waals surface area contributed by atoms with Gasteiger partial charge in [0.1, 0.15) is 6.10 Å². The Bertz CT molecular complexity index is 135. The van der Waals surface area contributed by atoms with E-state index in [1.54, 1.807) is 0 Å². The van der Waals surface area contributed by atoms with Gasteiger partial charge in [-0.15, -0.1) is 0 Å². The van der Waals surface area contributed by atoms with E-state index in [0.29, 0.717) is 6.10 Å². The van der Waals surface area contributed by atoms with Crippen LogP contribution in [0.15, 0.2) is 12.3 Å². The summed E-state index contributed by atoms with van der Waals surface area (Å²) in [4.78, 5) is 0. The fourth-order valence-corrected chi connectivity index (χ4v) is 2.12. The highest BCUT2D eigenvalue weighted by atomic mass is 16.5. The van der Waals surface area contributed by atoms with E-state index in [2.05, 4.69) is 6.58 Å². The lowest BCUT2D eigenvalue weighted by molar-refractivity contribution is 0.0984. The fraction of sp³-hybridized carbons (Fsp3) is 0.778. The van der Waals surface area contributed by atoms with Gasteiger partial charge in [-0.2, -0.15) is 0 Å².